The SMILES string of the molecule is CSc1cccc(SC)c1S(=O)(=O)NC(C)(C)C. The van der Waals surface area contributed by atoms with Gasteiger partial charge >= 0.3 is 0 Å². The Bertz CT molecular complexity index is 496. The molecule has 0 amide bonds. The van der Waals surface area contributed by atoms with E-state index in [1.54, 1.807) is 0 Å². The molecular formula is C12H19NO2S3. The maximum absolute atomic E-state index is 12.5. The van der Waals surface area contributed by atoms with Gasteiger partial charge in [0.2, 0.25) is 10.0 Å². The summed E-state index contributed by atoms with van der Waals surface area (Å²) in [5, 5.41) is 0. The van der Waals surface area contributed by atoms with Crippen LogP contribution in [0, 0.1) is 0 Å². The van der Waals surface area contributed by atoms with E-state index in [9.17, 15) is 8.42 Å². The van der Waals surface area contributed by atoms with Crippen molar-refractivity contribution in [2.24, 2.45) is 0 Å². The molecule has 0 aliphatic heterocycles. The molecule has 3 nitrogen and oxygen atoms in total. The predicted octanol–water partition coefficient (Wildman–Crippen LogP) is 3.21. The Morgan fingerprint density at radius 3 is 1.83 bits per heavy atom. The Morgan fingerprint density at radius 2 is 1.50 bits per heavy atom. The van der Waals surface area contributed by atoms with Crippen molar-refractivity contribution in [2.45, 2.75) is 41.0 Å². The molecule has 0 spiro atoms. The van der Waals surface area contributed by atoms with E-state index in [0.717, 1.165) is 9.79 Å². The Hall–Kier alpha value is -0.170. The van der Waals surface area contributed by atoms with Crippen molar-refractivity contribution in [3.8, 4) is 0 Å². The van der Waals surface area contributed by atoms with Crippen molar-refractivity contribution >= 4 is 33.5 Å². The topological polar surface area (TPSA) is 46.2 Å². The van der Waals surface area contributed by atoms with Gasteiger partial charge in [0.15, 0.2) is 0 Å². The lowest BCUT2D eigenvalue weighted by Crippen LogP contribution is -2.40. The number of hydrogen-bond acceptors (Lipinski definition) is 4. The van der Waals surface area contributed by atoms with Crippen LogP contribution >= 0.6 is 23.5 Å². The fraction of sp³-hybridized carbons (Fsp3) is 0.500. The minimum Gasteiger partial charge on any atom is -0.207 e. The average molecular weight is 305 g/mol. The van der Waals surface area contributed by atoms with E-state index < -0.39 is 15.6 Å². The third-order valence-corrected chi connectivity index (χ3v) is 5.77. The van der Waals surface area contributed by atoms with E-state index in [4.69, 9.17) is 0 Å². The second kappa shape index (κ2) is 5.86. The maximum Gasteiger partial charge on any atom is 0.243 e. The van der Waals surface area contributed by atoms with Crippen LogP contribution in [0.25, 0.3) is 0 Å². The normalized spacial score (nSPS) is 12.7. The van der Waals surface area contributed by atoms with Crippen LogP contribution in [-0.2, 0) is 10.0 Å². The van der Waals surface area contributed by atoms with E-state index in [1.165, 1.54) is 23.5 Å². The lowest BCUT2D eigenvalue weighted by atomic mass is 10.1. The lowest BCUT2D eigenvalue weighted by molar-refractivity contribution is 0.489. The minimum absolute atomic E-state index is 0.389. The minimum atomic E-state index is -3.50. The summed E-state index contributed by atoms with van der Waals surface area (Å²) < 4.78 is 27.6. The first-order valence-electron chi connectivity index (χ1n) is 5.46. The molecule has 0 aromatic heterocycles. The molecule has 0 heterocycles. The van der Waals surface area contributed by atoms with Gasteiger partial charge in [-0.1, -0.05) is 6.07 Å². The summed E-state index contributed by atoms with van der Waals surface area (Å²) in [6.45, 7) is 5.51. The molecule has 18 heavy (non-hydrogen) atoms. The number of sulfonamides is 1. The first-order valence-corrected chi connectivity index (χ1v) is 9.39. The monoisotopic (exact) mass is 305 g/mol. The third kappa shape index (κ3) is 3.91. The summed E-state index contributed by atoms with van der Waals surface area (Å²) in [5.74, 6) is 0. The van der Waals surface area contributed by atoms with Crippen molar-refractivity contribution in [3.05, 3.63) is 18.2 Å². The number of benzene rings is 1. The van der Waals surface area contributed by atoms with Crippen LogP contribution in [0.3, 0.4) is 0 Å². The molecule has 1 N–H and O–H groups in total. The highest BCUT2D eigenvalue weighted by Gasteiger charge is 2.26. The molecule has 6 heteroatoms. The third-order valence-electron chi connectivity index (χ3n) is 2.09. The van der Waals surface area contributed by atoms with Crippen LogP contribution in [0.1, 0.15) is 20.8 Å². The standard InChI is InChI=1S/C12H19NO2S3/c1-12(2,3)13-18(14,15)11-9(16-4)7-6-8-10(11)17-5/h6-8,13H,1-5H3. The highest BCUT2D eigenvalue weighted by Crippen LogP contribution is 2.33. The molecular weight excluding hydrogens is 286 g/mol. The number of hydrogen-bond donors (Lipinski definition) is 1. The fourth-order valence-corrected chi connectivity index (χ4v) is 5.35. The Labute approximate surface area is 118 Å². The van der Waals surface area contributed by atoms with Crippen molar-refractivity contribution in [1.82, 2.24) is 4.72 Å². The van der Waals surface area contributed by atoms with Crippen LogP contribution in [-0.4, -0.2) is 26.5 Å². The largest absolute Gasteiger partial charge is 0.243 e. The fourth-order valence-electron chi connectivity index (χ4n) is 1.54. The zero-order chi connectivity index (χ0) is 14.0. The molecule has 1 aromatic rings. The average Bonchev–Trinajstić information content (AvgIpc) is 2.24. The molecule has 0 saturated heterocycles. The first-order chi connectivity index (χ1) is 8.21. The molecule has 102 valence electrons. The quantitative estimate of drug-likeness (QED) is 0.868. The number of rotatable bonds is 4. The number of thioether (sulfide) groups is 2. The molecule has 0 bridgehead atoms. The molecule has 0 saturated carbocycles. The predicted molar refractivity (Wildman–Crippen MR) is 80.1 cm³/mol. The van der Waals surface area contributed by atoms with Gasteiger partial charge in [-0.25, -0.2) is 13.1 Å². The highest BCUT2D eigenvalue weighted by molar-refractivity contribution is 8.00. The molecule has 0 radical (unpaired) electrons. The van der Waals surface area contributed by atoms with E-state index in [0.29, 0.717) is 4.90 Å². The Kier molecular flexibility index (Phi) is 5.17. The Morgan fingerprint density at radius 1 is 1.06 bits per heavy atom. The lowest BCUT2D eigenvalue weighted by Gasteiger charge is -2.22. The van der Waals surface area contributed by atoms with Crippen LogP contribution in [0.5, 0.6) is 0 Å². The summed E-state index contributed by atoms with van der Waals surface area (Å²) in [7, 11) is -3.50. The van der Waals surface area contributed by atoms with Crippen LogP contribution < -0.4 is 4.72 Å². The highest BCUT2D eigenvalue weighted by atomic mass is 32.2. The molecule has 0 aliphatic rings. The summed E-state index contributed by atoms with van der Waals surface area (Å²) in [5.41, 5.74) is -0.486. The van der Waals surface area contributed by atoms with Gasteiger partial charge in [0, 0.05) is 15.3 Å². The van der Waals surface area contributed by atoms with E-state index in [2.05, 4.69) is 4.72 Å². The van der Waals surface area contributed by atoms with Crippen molar-refractivity contribution in [2.75, 3.05) is 12.5 Å². The zero-order valence-corrected chi connectivity index (χ0v) is 13.7. The maximum atomic E-state index is 12.5. The molecule has 0 atom stereocenters. The zero-order valence-electron chi connectivity index (χ0n) is 11.3. The van der Waals surface area contributed by atoms with Crippen molar-refractivity contribution in [3.63, 3.8) is 0 Å². The van der Waals surface area contributed by atoms with Crippen molar-refractivity contribution < 1.29 is 8.42 Å². The van der Waals surface area contributed by atoms with E-state index >= 15 is 0 Å². The van der Waals surface area contributed by atoms with Crippen LogP contribution in [0.15, 0.2) is 32.9 Å². The second-order valence-electron chi connectivity index (χ2n) is 4.85. The Balaban J connectivity index is 3.39. The summed E-state index contributed by atoms with van der Waals surface area (Å²) in [6, 6.07) is 5.55. The van der Waals surface area contributed by atoms with Gasteiger partial charge in [0.05, 0.1) is 0 Å². The van der Waals surface area contributed by atoms with Gasteiger partial charge in [-0.3, -0.25) is 0 Å². The van der Waals surface area contributed by atoms with Gasteiger partial charge in [0.25, 0.3) is 0 Å². The van der Waals surface area contributed by atoms with Gasteiger partial charge in [-0.15, -0.1) is 23.5 Å². The van der Waals surface area contributed by atoms with Crippen molar-refractivity contribution in [1.29, 1.82) is 0 Å². The van der Waals surface area contributed by atoms with Gasteiger partial charge in [-0.05, 0) is 45.4 Å². The molecule has 0 fully saturated rings. The van der Waals surface area contributed by atoms with Gasteiger partial charge in [0.1, 0.15) is 4.90 Å². The molecule has 0 aliphatic carbocycles. The summed E-state index contributed by atoms with van der Waals surface area (Å²) in [6.07, 6.45) is 3.77. The van der Waals surface area contributed by atoms with Gasteiger partial charge < -0.3 is 0 Å². The van der Waals surface area contributed by atoms with E-state index in [-0.39, 0.29) is 0 Å². The summed E-state index contributed by atoms with van der Waals surface area (Å²) >= 11 is 2.89. The van der Waals surface area contributed by atoms with E-state index in [1.807, 2.05) is 51.5 Å². The first kappa shape index (κ1) is 15.9. The molecule has 1 rings (SSSR count). The molecule has 1 aromatic carbocycles. The number of nitrogens with one attached hydrogen (secondary N) is 1. The molecule has 0 unspecified atom stereocenters. The second-order valence-corrected chi connectivity index (χ2v) is 8.16. The smallest absolute Gasteiger partial charge is 0.207 e. The van der Waals surface area contributed by atoms with Crippen LogP contribution in [0.2, 0.25) is 0 Å². The van der Waals surface area contributed by atoms with Gasteiger partial charge in [-0.2, -0.15) is 0 Å². The summed E-state index contributed by atoms with van der Waals surface area (Å²) in [4.78, 5) is 1.94. The van der Waals surface area contributed by atoms with Crippen LogP contribution in [0.4, 0.5) is 0 Å².